The van der Waals surface area contributed by atoms with Crippen molar-refractivity contribution < 1.29 is 8.83 Å². The average molecular weight is 894 g/mol. The molecule has 3 atom stereocenters. The fourth-order valence-electron chi connectivity index (χ4n) is 11.6. The fraction of sp³-hybridized carbons (Fsp3) is 0.161. The molecular weight excluding hydrogens is 847 g/mol. The normalized spacial score (nSPS) is 17.1. The molecule has 3 aliphatic rings. The molecule has 1 aliphatic heterocycles. The van der Waals surface area contributed by atoms with Crippen LogP contribution in [0, 0.1) is 28.6 Å². The molecule has 69 heavy (non-hydrogen) atoms. The van der Waals surface area contributed by atoms with Gasteiger partial charge >= 0.3 is 0 Å². The third-order valence-corrected chi connectivity index (χ3v) is 14.9. The highest BCUT2D eigenvalue weighted by atomic mass is 16.3. The van der Waals surface area contributed by atoms with Crippen LogP contribution in [-0.4, -0.2) is 10.6 Å². The van der Waals surface area contributed by atoms with Crippen LogP contribution in [0.3, 0.4) is 0 Å². The number of hydrogen-bond donors (Lipinski definition) is 0. The molecule has 0 radical (unpaired) electrons. The smallest absolute Gasteiger partial charge is 0.159 e. The molecule has 0 amide bonds. The molecule has 4 heterocycles. The van der Waals surface area contributed by atoms with Gasteiger partial charge in [0.05, 0.1) is 51.9 Å². The summed E-state index contributed by atoms with van der Waals surface area (Å²) in [5.41, 5.74) is 15.9. The van der Waals surface area contributed by atoms with Gasteiger partial charge in [-0.1, -0.05) is 113 Å². The number of benzene rings is 7. The average Bonchev–Trinajstić information content (AvgIpc) is 4.15. The summed E-state index contributed by atoms with van der Waals surface area (Å²) >= 11 is 0. The first-order chi connectivity index (χ1) is 33.8. The summed E-state index contributed by atoms with van der Waals surface area (Å²) in [7, 11) is 0. The van der Waals surface area contributed by atoms with Crippen LogP contribution < -0.4 is 9.80 Å². The lowest BCUT2D eigenvalue weighted by Gasteiger charge is -2.41. The van der Waals surface area contributed by atoms with Crippen LogP contribution in [0.15, 0.2) is 184 Å². The minimum Gasteiger partial charge on any atom is -0.458 e. The van der Waals surface area contributed by atoms with Crippen molar-refractivity contribution in [1.82, 2.24) is 4.57 Å². The summed E-state index contributed by atoms with van der Waals surface area (Å²) in [6, 6.07) is 55.2. The van der Waals surface area contributed by atoms with E-state index in [0.29, 0.717) is 23.0 Å². The van der Waals surface area contributed by atoms with Crippen molar-refractivity contribution >= 4 is 83.5 Å². The zero-order chi connectivity index (χ0) is 46.7. The van der Waals surface area contributed by atoms with Crippen molar-refractivity contribution in [3.8, 4) is 12.1 Å². The van der Waals surface area contributed by atoms with Crippen LogP contribution in [0.5, 0.6) is 0 Å². The van der Waals surface area contributed by atoms with Crippen molar-refractivity contribution in [2.45, 2.75) is 58.0 Å². The Morgan fingerprint density at radius 3 is 1.93 bits per heavy atom. The highest BCUT2D eigenvalue weighted by molar-refractivity contribution is 6.27. The van der Waals surface area contributed by atoms with E-state index < -0.39 is 0 Å². The molecule has 3 unspecified atom stereocenters. The second-order valence-corrected chi connectivity index (χ2v) is 19.4. The van der Waals surface area contributed by atoms with Gasteiger partial charge in [0, 0.05) is 55.3 Å². The Morgan fingerprint density at radius 1 is 0.638 bits per heavy atom. The molecule has 7 aromatic carbocycles. The lowest BCUT2D eigenvalue weighted by atomic mass is 9.81. The summed E-state index contributed by atoms with van der Waals surface area (Å²) in [6.45, 7) is 8.95. The molecule has 7 nitrogen and oxygen atoms in total. The molecule has 3 aromatic heterocycles. The van der Waals surface area contributed by atoms with Gasteiger partial charge in [-0.2, -0.15) is 10.5 Å². The van der Waals surface area contributed by atoms with E-state index in [-0.39, 0.29) is 18.0 Å². The van der Waals surface area contributed by atoms with E-state index in [1.807, 2.05) is 30.3 Å². The molecule has 0 saturated carbocycles. The van der Waals surface area contributed by atoms with Gasteiger partial charge in [-0.25, -0.2) is 0 Å². The number of aromatic nitrogens is 1. The second kappa shape index (κ2) is 15.5. The van der Waals surface area contributed by atoms with E-state index in [0.717, 1.165) is 95.2 Å². The Bertz CT molecular complexity index is 3920. The molecule has 10 aromatic rings. The lowest BCUT2D eigenvalue weighted by molar-refractivity contribution is 0.434. The van der Waals surface area contributed by atoms with Gasteiger partial charge < -0.3 is 23.2 Å². The molecule has 0 fully saturated rings. The predicted octanol–water partition coefficient (Wildman–Crippen LogP) is 16.2. The van der Waals surface area contributed by atoms with Crippen molar-refractivity contribution in [3.63, 3.8) is 0 Å². The van der Waals surface area contributed by atoms with Gasteiger partial charge in [0.15, 0.2) is 5.58 Å². The van der Waals surface area contributed by atoms with Crippen molar-refractivity contribution in [2.24, 2.45) is 5.92 Å². The van der Waals surface area contributed by atoms with Gasteiger partial charge in [-0.05, 0) is 120 Å². The first-order valence-corrected chi connectivity index (χ1v) is 24.0. The Labute approximate surface area is 400 Å². The van der Waals surface area contributed by atoms with Gasteiger partial charge in [0.25, 0.3) is 0 Å². The van der Waals surface area contributed by atoms with Crippen molar-refractivity contribution in [2.75, 3.05) is 9.80 Å². The number of furan rings is 2. The topological polar surface area (TPSA) is 85.3 Å². The molecule has 332 valence electrons. The zero-order valence-electron chi connectivity index (χ0n) is 38.8. The van der Waals surface area contributed by atoms with Crippen LogP contribution >= 0.6 is 0 Å². The highest BCUT2D eigenvalue weighted by Gasteiger charge is 2.48. The number of nitriles is 2. The standard InChI is InChI=1S/C62H47N5O2/c1-36(2)40-20-28-44(29-21-40)65(42-24-16-38(34-63)17-25-42)52-32-50-46-10-5-7-14-54(46)68-61(50)59-56(52)48-12-9-13-49-57-53(33-51-47-11-6-8-15-55(47)69-62(51)60(57)67(59)58(48)49)66(43-26-18-39(35-64)19-27-43)45-30-22-41(23-31-45)37(3)4/h5-30,32-33,36-37,45,57,60H,31H2,1-4H3. The number of fused-ring (bicyclic) bond motifs is 14. The first kappa shape index (κ1) is 40.7. The number of allylic oxidation sites excluding steroid dienone is 3. The summed E-state index contributed by atoms with van der Waals surface area (Å²) < 4.78 is 16.8. The third kappa shape index (κ3) is 6.10. The second-order valence-electron chi connectivity index (χ2n) is 19.4. The van der Waals surface area contributed by atoms with Crippen molar-refractivity contribution in [1.29, 1.82) is 10.5 Å². The molecule has 2 aliphatic carbocycles. The maximum atomic E-state index is 9.93. The summed E-state index contributed by atoms with van der Waals surface area (Å²) in [6.07, 6.45) is 10.3. The summed E-state index contributed by atoms with van der Waals surface area (Å²) in [5.74, 6) is 1.56. The first-order valence-electron chi connectivity index (χ1n) is 24.0. The van der Waals surface area contributed by atoms with E-state index in [1.54, 1.807) is 0 Å². The van der Waals surface area contributed by atoms with E-state index in [1.165, 1.54) is 22.4 Å². The van der Waals surface area contributed by atoms with Gasteiger partial charge in [-0.3, -0.25) is 0 Å². The maximum Gasteiger partial charge on any atom is 0.159 e. The summed E-state index contributed by atoms with van der Waals surface area (Å²) in [4.78, 5) is 4.88. The molecular formula is C62H47N5O2. The highest BCUT2D eigenvalue weighted by Crippen LogP contribution is 2.60. The number of hydrogen-bond acceptors (Lipinski definition) is 6. The van der Waals surface area contributed by atoms with Crippen molar-refractivity contribution in [3.05, 3.63) is 209 Å². The Kier molecular flexibility index (Phi) is 9.16. The summed E-state index contributed by atoms with van der Waals surface area (Å²) in [5, 5.41) is 25.2. The minimum atomic E-state index is -0.291. The van der Waals surface area contributed by atoms with E-state index in [2.05, 4.69) is 194 Å². The van der Waals surface area contributed by atoms with Crippen LogP contribution in [0.4, 0.5) is 22.7 Å². The lowest BCUT2D eigenvalue weighted by Crippen LogP contribution is -2.38. The van der Waals surface area contributed by atoms with Crippen LogP contribution in [0.25, 0.3) is 60.8 Å². The van der Waals surface area contributed by atoms with E-state index in [9.17, 15) is 10.5 Å². The van der Waals surface area contributed by atoms with E-state index in [4.69, 9.17) is 8.83 Å². The van der Waals surface area contributed by atoms with E-state index >= 15 is 0 Å². The largest absolute Gasteiger partial charge is 0.458 e. The molecule has 0 spiro atoms. The zero-order valence-corrected chi connectivity index (χ0v) is 38.8. The van der Waals surface area contributed by atoms with Crippen LogP contribution in [0.1, 0.15) is 85.6 Å². The number of nitrogens with zero attached hydrogens (tertiary/aromatic N) is 5. The number of para-hydroxylation sites is 3. The molecule has 0 bridgehead atoms. The fourth-order valence-corrected chi connectivity index (χ4v) is 11.6. The van der Waals surface area contributed by atoms with Gasteiger partial charge in [0.1, 0.15) is 23.0 Å². The molecule has 7 heteroatoms. The Balaban J connectivity index is 1.14. The maximum absolute atomic E-state index is 9.93. The van der Waals surface area contributed by atoms with Crippen LogP contribution in [-0.2, 0) is 0 Å². The SMILES string of the molecule is CC(C)C1=CCC(N(C2=Cc3c(oc4ccccc34)C3C2c2cccc4c5c(N(c6ccc(C#N)cc6)c6ccc(C(C)C)cc6)cc6c7ccccc7oc6c5n3c24)c2ccc(C#N)cc2)C=C1. The molecule has 13 rings (SSSR count). The quantitative estimate of drug-likeness (QED) is 0.151. The monoisotopic (exact) mass is 893 g/mol. The molecule has 0 saturated heterocycles. The van der Waals surface area contributed by atoms with Gasteiger partial charge in [-0.15, -0.1) is 0 Å². The number of anilines is 4. The Morgan fingerprint density at radius 2 is 1.28 bits per heavy atom. The predicted molar refractivity (Wildman–Crippen MR) is 279 cm³/mol. The van der Waals surface area contributed by atoms with Crippen LogP contribution in [0.2, 0.25) is 0 Å². The molecule has 0 N–H and O–H groups in total. The van der Waals surface area contributed by atoms with Gasteiger partial charge in [0.2, 0.25) is 0 Å². The Hall–Kier alpha value is -8.52. The minimum absolute atomic E-state index is 0.0136. The number of rotatable bonds is 8. The third-order valence-electron chi connectivity index (χ3n) is 14.9.